The number of hydrogen-bond acceptors (Lipinski definition) is 1. The van der Waals surface area contributed by atoms with Gasteiger partial charge in [-0.15, -0.1) is 0 Å². The molecule has 0 fully saturated rings. The van der Waals surface area contributed by atoms with E-state index >= 15 is 0 Å². The summed E-state index contributed by atoms with van der Waals surface area (Å²) >= 11 is 0. The van der Waals surface area contributed by atoms with Crippen LogP contribution in [0.1, 0.15) is 0 Å². The van der Waals surface area contributed by atoms with Crippen LogP contribution in [0.4, 0.5) is 0 Å². The van der Waals surface area contributed by atoms with Gasteiger partial charge in [0.05, 0.1) is 5.52 Å². The van der Waals surface area contributed by atoms with Crippen molar-refractivity contribution in [2.45, 2.75) is 0 Å². The first-order chi connectivity index (χ1) is 10.9. The Bertz CT molecular complexity index is 1070. The van der Waals surface area contributed by atoms with Gasteiger partial charge in [-0.1, -0.05) is 66.7 Å². The quantitative estimate of drug-likeness (QED) is 0.332. The minimum Gasteiger partial charge on any atom is -0.256 e. The summed E-state index contributed by atoms with van der Waals surface area (Å²) in [5, 5.41) is 8.92. The molecule has 1 nitrogen and oxygen atoms in total. The molecule has 0 spiro atoms. The lowest BCUT2D eigenvalue weighted by Crippen LogP contribution is -1.85. The number of para-hydroxylation sites is 1. The van der Waals surface area contributed by atoms with Crippen LogP contribution < -0.4 is 0 Å². The number of hydrogen-bond donors (Lipinski definition) is 0. The maximum atomic E-state index is 4.60. The van der Waals surface area contributed by atoms with Gasteiger partial charge in [-0.2, -0.15) is 0 Å². The average molecular weight is 279 g/mol. The summed E-state index contributed by atoms with van der Waals surface area (Å²) in [6.45, 7) is 0. The third-order valence-electron chi connectivity index (χ3n) is 4.46. The van der Waals surface area contributed by atoms with Gasteiger partial charge in [0.2, 0.25) is 0 Å². The molecule has 1 aromatic heterocycles. The van der Waals surface area contributed by atoms with Crippen molar-refractivity contribution in [2.24, 2.45) is 0 Å². The number of benzene rings is 4. The van der Waals surface area contributed by atoms with Gasteiger partial charge in [0.25, 0.3) is 0 Å². The van der Waals surface area contributed by atoms with Crippen LogP contribution in [-0.2, 0) is 0 Å². The van der Waals surface area contributed by atoms with Gasteiger partial charge in [-0.05, 0) is 27.6 Å². The molecule has 0 aliphatic heterocycles. The summed E-state index contributed by atoms with van der Waals surface area (Å²) in [4.78, 5) is 4.60. The highest BCUT2D eigenvalue weighted by Crippen LogP contribution is 2.35. The van der Waals surface area contributed by atoms with Crippen molar-refractivity contribution in [3.8, 4) is 0 Å². The molecular weight excluding hydrogens is 266 g/mol. The molecule has 22 heavy (non-hydrogen) atoms. The Balaban J connectivity index is 2.19. The number of pyridine rings is 1. The van der Waals surface area contributed by atoms with E-state index in [-0.39, 0.29) is 0 Å². The molecule has 0 saturated carbocycles. The monoisotopic (exact) mass is 279 g/mol. The Hall–Kier alpha value is -2.93. The Morgan fingerprint density at radius 2 is 1.14 bits per heavy atom. The smallest absolute Gasteiger partial charge is 0.0708 e. The fourth-order valence-corrected chi connectivity index (χ4v) is 3.45. The molecule has 0 N–H and O–H groups in total. The van der Waals surface area contributed by atoms with Crippen LogP contribution in [0.25, 0.3) is 43.2 Å². The minimum atomic E-state index is 1.05. The molecule has 0 saturated heterocycles. The third kappa shape index (κ3) is 1.51. The Kier molecular flexibility index (Phi) is 2.28. The van der Waals surface area contributed by atoms with E-state index in [9.17, 15) is 0 Å². The lowest BCUT2D eigenvalue weighted by molar-refractivity contribution is 1.45. The van der Waals surface area contributed by atoms with Crippen molar-refractivity contribution in [3.63, 3.8) is 0 Å². The highest BCUT2D eigenvalue weighted by atomic mass is 14.6. The number of rotatable bonds is 0. The zero-order chi connectivity index (χ0) is 14.5. The molecule has 0 aliphatic carbocycles. The lowest BCUT2D eigenvalue weighted by atomic mass is 9.95. The van der Waals surface area contributed by atoms with Crippen molar-refractivity contribution in [3.05, 3.63) is 79.0 Å². The second kappa shape index (κ2) is 4.28. The van der Waals surface area contributed by atoms with E-state index in [1.807, 2.05) is 12.3 Å². The Labute approximate surface area is 127 Å². The van der Waals surface area contributed by atoms with Gasteiger partial charge in [0.1, 0.15) is 0 Å². The molecule has 0 bridgehead atoms. The van der Waals surface area contributed by atoms with E-state index in [2.05, 4.69) is 71.7 Å². The Morgan fingerprint density at radius 1 is 0.500 bits per heavy atom. The average Bonchev–Trinajstić information content (AvgIpc) is 2.60. The summed E-state index contributed by atoms with van der Waals surface area (Å²) in [7, 11) is 0. The van der Waals surface area contributed by atoms with Crippen LogP contribution in [0.2, 0.25) is 0 Å². The number of nitrogens with zero attached hydrogens (tertiary/aromatic N) is 1. The molecule has 4 aromatic carbocycles. The first-order valence-electron chi connectivity index (χ1n) is 7.50. The molecule has 5 aromatic rings. The normalized spacial score (nSPS) is 11.6. The van der Waals surface area contributed by atoms with Crippen molar-refractivity contribution in [1.29, 1.82) is 0 Å². The van der Waals surface area contributed by atoms with Crippen molar-refractivity contribution < 1.29 is 0 Å². The summed E-state index contributed by atoms with van der Waals surface area (Å²) < 4.78 is 0. The predicted molar refractivity (Wildman–Crippen MR) is 94.3 cm³/mol. The van der Waals surface area contributed by atoms with Crippen molar-refractivity contribution in [2.75, 3.05) is 0 Å². The molecule has 1 heterocycles. The molecule has 0 atom stereocenters. The highest BCUT2D eigenvalue weighted by Gasteiger charge is 2.08. The third-order valence-corrected chi connectivity index (χ3v) is 4.46. The molecule has 1 heteroatoms. The lowest BCUT2D eigenvalue weighted by Gasteiger charge is -2.10. The van der Waals surface area contributed by atoms with Gasteiger partial charge < -0.3 is 0 Å². The zero-order valence-electron chi connectivity index (χ0n) is 12.0. The molecule has 0 unspecified atom stereocenters. The van der Waals surface area contributed by atoms with Crippen LogP contribution in [0.5, 0.6) is 0 Å². The highest BCUT2D eigenvalue weighted by molar-refractivity contribution is 6.26. The summed E-state index contributed by atoms with van der Waals surface area (Å²) in [6, 6.07) is 25.8. The summed E-state index contributed by atoms with van der Waals surface area (Å²) in [5.41, 5.74) is 1.05. The van der Waals surface area contributed by atoms with Gasteiger partial charge in [-0.25, -0.2) is 0 Å². The van der Waals surface area contributed by atoms with Crippen molar-refractivity contribution >= 4 is 43.2 Å². The minimum absolute atomic E-state index is 1.05. The summed E-state index contributed by atoms with van der Waals surface area (Å²) in [6.07, 6.45) is 1.98. The number of aromatic nitrogens is 1. The molecule has 0 radical (unpaired) electrons. The second-order valence-electron chi connectivity index (χ2n) is 5.69. The standard InChI is InChI=1S/C21H13N/c1-2-6-17-14(5-1)9-10-15-11-12-16-13-22-19-8-4-3-7-18(19)21(16)20(15)17/h1-13H. The largest absolute Gasteiger partial charge is 0.256 e. The fraction of sp³-hybridized carbons (Fsp3) is 0. The first-order valence-corrected chi connectivity index (χ1v) is 7.50. The van der Waals surface area contributed by atoms with Crippen LogP contribution in [-0.4, -0.2) is 4.98 Å². The maximum Gasteiger partial charge on any atom is 0.0708 e. The zero-order valence-corrected chi connectivity index (χ0v) is 12.0. The van der Waals surface area contributed by atoms with Crippen LogP contribution in [0, 0.1) is 0 Å². The van der Waals surface area contributed by atoms with E-state index in [0.717, 1.165) is 5.52 Å². The van der Waals surface area contributed by atoms with E-state index in [1.165, 1.54) is 37.7 Å². The topological polar surface area (TPSA) is 12.9 Å². The van der Waals surface area contributed by atoms with E-state index in [1.54, 1.807) is 0 Å². The van der Waals surface area contributed by atoms with E-state index < -0.39 is 0 Å². The van der Waals surface area contributed by atoms with Crippen molar-refractivity contribution in [1.82, 2.24) is 4.98 Å². The molecule has 0 amide bonds. The molecule has 5 rings (SSSR count). The van der Waals surface area contributed by atoms with Crippen LogP contribution in [0.3, 0.4) is 0 Å². The SMILES string of the molecule is c1ccc2c(c1)ccc1ccc3cnc4ccccc4c3c12. The van der Waals surface area contributed by atoms with E-state index in [0.29, 0.717) is 0 Å². The molecular formula is C21H13N. The Morgan fingerprint density at radius 3 is 2.05 bits per heavy atom. The fourth-order valence-electron chi connectivity index (χ4n) is 3.45. The van der Waals surface area contributed by atoms with E-state index in [4.69, 9.17) is 0 Å². The van der Waals surface area contributed by atoms with Gasteiger partial charge >= 0.3 is 0 Å². The molecule has 0 aliphatic rings. The van der Waals surface area contributed by atoms with Gasteiger partial charge in [-0.3, -0.25) is 4.98 Å². The van der Waals surface area contributed by atoms with Crippen LogP contribution in [0.15, 0.2) is 79.0 Å². The van der Waals surface area contributed by atoms with Gasteiger partial charge in [0.15, 0.2) is 0 Å². The maximum absolute atomic E-state index is 4.60. The van der Waals surface area contributed by atoms with Crippen LogP contribution >= 0.6 is 0 Å². The predicted octanol–water partition coefficient (Wildman–Crippen LogP) is 5.69. The van der Waals surface area contributed by atoms with Gasteiger partial charge in [0, 0.05) is 22.4 Å². The summed E-state index contributed by atoms with van der Waals surface area (Å²) in [5.74, 6) is 0. The molecule has 102 valence electrons. The first kappa shape index (κ1) is 11.7. The number of fused-ring (bicyclic) bond motifs is 7. The second-order valence-corrected chi connectivity index (χ2v) is 5.69.